The highest BCUT2D eigenvalue weighted by molar-refractivity contribution is 8.00. The highest BCUT2D eigenvalue weighted by atomic mass is 32.2. The summed E-state index contributed by atoms with van der Waals surface area (Å²) in [7, 11) is 0. The average molecular weight is 1170 g/mol. The van der Waals surface area contributed by atoms with Gasteiger partial charge in [0.2, 0.25) is 11.8 Å². The summed E-state index contributed by atoms with van der Waals surface area (Å²) < 4.78 is 28.5. The number of benzene rings is 3. The van der Waals surface area contributed by atoms with Crippen molar-refractivity contribution in [2.45, 2.75) is 116 Å². The van der Waals surface area contributed by atoms with Crippen LogP contribution in [0.4, 0.5) is 5.82 Å². The number of allylic oxidation sites excluding steroid dienone is 1. The summed E-state index contributed by atoms with van der Waals surface area (Å²) in [5.41, 5.74) is 1.78. The van der Waals surface area contributed by atoms with E-state index in [9.17, 15) is 33.9 Å². The number of esters is 4. The molecule has 2 fully saturated rings. The van der Waals surface area contributed by atoms with Crippen LogP contribution in [-0.2, 0) is 47.7 Å². The van der Waals surface area contributed by atoms with Crippen LogP contribution in [0.2, 0.25) is 0 Å². The standard InChI is InChI=1S/C64H73N5O14S/c1-11-50(71)79-32-46(81-51(72)12-2)31-65-40(9)60(73)68-58-54(63(77)82-56-36(5)23-34(3)24-37(56)6)52(42-19-15-13-16-20-42)48(66-58)30-49-53(43-21-17-14-18-22-43)55(64(78)83-57-38(7)25-35(4)26-39(57)8)59(67-49)69-61(74)41(10)84-47-28-44(62(75)76)27-45(29-47)80-33-70/h11-22,27-30,33-41,46,56-57,65,67H,1-2,23-26,31-32H2,3-10H3,(H,69,74)(H,75,76)(H,66,68,73). The second-order valence-corrected chi connectivity index (χ2v) is 23.5. The summed E-state index contributed by atoms with van der Waals surface area (Å²) in [5, 5.41) is 17.7. The average Bonchev–Trinajstić information content (AvgIpc) is 2.24. The third-order valence-electron chi connectivity index (χ3n) is 15.2. The number of amidine groups is 1. The van der Waals surface area contributed by atoms with Crippen molar-refractivity contribution in [2.24, 2.45) is 40.5 Å². The van der Waals surface area contributed by atoms with Crippen LogP contribution < -0.4 is 20.7 Å². The van der Waals surface area contributed by atoms with Crippen molar-refractivity contribution in [2.75, 3.05) is 18.5 Å². The first-order valence-electron chi connectivity index (χ1n) is 28.1. The Bertz CT molecular complexity index is 3220. The van der Waals surface area contributed by atoms with Gasteiger partial charge in [-0.25, -0.2) is 29.0 Å². The van der Waals surface area contributed by atoms with E-state index in [1.54, 1.807) is 68.5 Å². The molecule has 0 radical (unpaired) electrons. The molecule has 1 aromatic heterocycles. The molecule has 7 unspecified atom stereocenters. The molecule has 2 heterocycles. The van der Waals surface area contributed by atoms with Crippen molar-refractivity contribution in [3.05, 3.63) is 138 Å². The first-order valence-corrected chi connectivity index (χ1v) is 28.9. The topological polar surface area (TPSA) is 267 Å². The molecule has 7 rings (SSSR count). The van der Waals surface area contributed by atoms with Crippen LogP contribution in [0.15, 0.2) is 125 Å². The van der Waals surface area contributed by atoms with E-state index in [0.29, 0.717) is 33.4 Å². The molecule has 0 bridgehead atoms. The number of H-pyrrole nitrogens is 1. The molecular formula is C64H73N5O14S. The SMILES string of the molecule is C=CC(=O)OCC(CNC(C)C(=O)NC1=NC(=Cc2[nH]c(NC(=O)C(C)Sc3cc(OC=O)cc(C(=O)O)c3)c(C(=O)OC3C(C)CC(C)CC3C)c2-c2ccccc2)C(c2ccccc2)=C1C(=O)OC1C(C)CC(C)CC1C)OC(=O)C=C. The number of hydrogen-bond donors (Lipinski definition) is 5. The Hall–Kier alpha value is -8.36. The second kappa shape index (κ2) is 28.8. The minimum Gasteiger partial charge on any atom is -0.478 e. The summed E-state index contributed by atoms with van der Waals surface area (Å²) in [6.45, 7) is 22.1. The number of nitrogens with one attached hydrogen (secondary N) is 4. The van der Waals surface area contributed by atoms with Crippen molar-refractivity contribution >= 4 is 83.2 Å². The number of aromatic amines is 1. The highest BCUT2D eigenvalue weighted by Gasteiger charge is 2.41. The van der Waals surface area contributed by atoms with E-state index >= 15 is 9.59 Å². The lowest BCUT2D eigenvalue weighted by Crippen LogP contribution is -2.48. The molecule has 19 nitrogen and oxygen atoms in total. The van der Waals surface area contributed by atoms with E-state index in [4.69, 9.17) is 28.7 Å². The van der Waals surface area contributed by atoms with Gasteiger partial charge in [-0.3, -0.25) is 14.4 Å². The van der Waals surface area contributed by atoms with Crippen LogP contribution in [-0.4, -0.2) is 107 Å². The molecule has 20 heteroatoms. The van der Waals surface area contributed by atoms with E-state index in [-0.39, 0.29) is 94.4 Å². The molecule has 84 heavy (non-hydrogen) atoms. The molecule has 3 aliphatic rings. The van der Waals surface area contributed by atoms with Gasteiger partial charge in [-0.15, -0.1) is 11.8 Å². The summed E-state index contributed by atoms with van der Waals surface area (Å²) >= 11 is 0.987. The van der Waals surface area contributed by atoms with E-state index in [2.05, 4.69) is 47.9 Å². The predicted molar refractivity (Wildman–Crippen MR) is 318 cm³/mol. The highest BCUT2D eigenvalue weighted by Crippen LogP contribution is 2.43. The number of ether oxygens (including phenoxy) is 5. The van der Waals surface area contributed by atoms with Gasteiger partial charge in [-0.1, -0.05) is 115 Å². The van der Waals surface area contributed by atoms with Crippen molar-refractivity contribution < 1.29 is 67.1 Å². The number of rotatable bonds is 23. The summed E-state index contributed by atoms with van der Waals surface area (Å²) in [6.07, 6.45) is 4.78. The van der Waals surface area contributed by atoms with Crippen LogP contribution >= 0.6 is 11.8 Å². The quantitative estimate of drug-likeness (QED) is 0.0152. The minimum atomic E-state index is -1.28. The summed E-state index contributed by atoms with van der Waals surface area (Å²) in [6, 6.07) is 20.8. The molecular weight excluding hydrogens is 1090 g/mol. The monoisotopic (exact) mass is 1170 g/mol. The number of carbonyl (C=O) groups excluding carboxylic acids is 7. The van der Waals surface area contributed by atoms with Crippen LogP contribution in [0, 0.1) is 35.5 Å². The summed E-state index contributed by atoms with van der Waals surface area (Å²) in [4.78, 5) is 116. The molecule has 0 saturated heterocycles. The van der Waals surface area contributed by atoms with Gasteiger partial charge < -0.3 is 49.7 Å². The minimum absolute atomic E-state index is 0.00474. The number of thioether (sulfide) groups is 1. The Morgan fingerprint density at radius 1 is 0.750 bits per heavy atom. The Morgan fingerprint density at radius 3 is 1.88 bits per heavy atom. The predicted octanol–water partition coefficient (Wildman–Crippen LogP) is 10.0. The van der Waals surface area contributed by atoms with E-state index in [1.807, 2.05) is 39.8 Å². The molecule has 3 aromatic carbocycles. The van der Waals surface area contributed by atoms with Crippen molar-refractivity contribution in [1.82, 2.24) is 15.6 Å². The van der Waals surface area contributed by atoms with Gasteiger partial charge in [0, 0.05) is 34.7 Å². The lowest BCUT2D eigenvalue weighted by Gasteiger charge is -2.37. The number of amides is 2. The van der Waals surface area contributed by atoms with Gasteiger partial charge in [0.1, 0.15) is 53.5 Å². The number of anilines is 1. The Kier molecular flexibility index (Phi) is 21.6. The van der Waals surface area contributed by atoms with Crippen LogP contribution in [0.3, 0.4) is 0 Å². The van der Waals surface area contributed by atoms with Crippen molar-refractivity contribution in [3.63, 3.8) is 0 Å². The number of carboxylic acid groups (broad SMARTS) is 1. The molecule has 4 aromatic rings. The van der Waals surface area contributed by atoms with Gasteiger partial charge >= 0.3 is 29.8 Å². The third kappa shape index (κ3) is 15.8. The Morgan fingerprint density at radius 2 is 1.32 bits per heavy atom. The number of aromatic nitrogens is 1. The van der Waals surface area contributed by atoms with Gasteiger partial charge in [0.25, 0.3) is 6.47 Å². The van der Waals surface area contributed by atoms with Crippen LogP contribution in [0.1, 0.15) is 113 Å². The number of aromatic carboxylic acids is 1. The third-order valence-corrected chi connectivity index (χ3v) is 16.3. The van der Waals surface area contributed by atoms with Gasteiger partial charge in [0.05, 0.1) is 28.2 Å². The van der Waals surface area contributed by atoms with Gasteiger partial charge in [-0.2, -0.15) is 0 Å². The first kappa shape index (κ1) is 63.2. The lowest BCUT2D eigenvalue weighted by atomic mass is 9.75. The molecule has 2 amide bonds. The van der Waals surface area contributed by atoms with Crippen LogP contribution in [0.25, 0.3) is 22.8 Å². The number of aliphatic imine (C=N–C) groups is 1. The molecule has 2 saturated carbocycles. The molecule has 7 atom stereocenters. The molecule has 1 aliphatic heterocycles. The zero-order valence-electron chi connectivity index (χ0n) is 48.4. The maximum absolute atomic E-state index is 15.2. The first-order chi connectivity index (χ1) is 40.1. The molecule has 444 valence electrons. The van der Waals surface area contributed by atoms with Crippen molar-refractivity contribution in [1.29, 1.82) is 0 Å². The zero-order valence-corrected chi connectivity index (χ0v) is 49.2. The maximum Gasteiger partial charge on any atom is 0.342 e. The molecule has 5 N–H and O–H groups in total. The number of nitrogens with zero attached hydrogens (tertiary/aromatic N) is 1. The number of carboxylic acids is 1. The molecule has 0 spiro atoms. The summed E-state index contributed by atoms with van der Waals surface area (Å²) in [5.74, 6) is -5.04. The normalized spacial score (nSPS) is 22.7. The smallest absolute Gasteiger partial charge is 0.342 e. The van der Waals surface area contributed by atoms with Crippen LogP contribution in [0.5, 0.6) is 5.75 Å². The molecule has 2 aliphatic carbocycles. The Balaban J connectivity index is 1.38. The number of carbonyl (C=O) groups is 8. The lowest BCUT2D eigenvalue weighted by molar-refractivity contribution is -0.152. The fourth-order valence-corrected chi connectivity index (χ4v) is 12.5. The van der Waals surface area contributed by atoms with E-state index in [1.165, 1.54) is 18.2 Å². The maximum atomic E-state index is 15.2. The number of hydrogen-bond acceptors (Lipinski definition) is 16. The fourth-order valence-electron chi connectivity index (χ4n) is 11.5. The Labute approximate surface area is 493 Å². The van der Waals surface area contributed by atoms with E-state index < -0.39 is 71.3 Å². The van der Waals surface area contributed by atoms with Gasteiger partial charge in [0.15, 0.2) is 0 Å². The van der Waals surface area contributed by atoms with E-state index in [0.717, 1.165) is 49.6 Å². The fraction of sp³-hybridized carbons (Fsp3) is 0.391. The largest absolute Gasteiger partial charge is 0.478 e. The second-order valence-electron chi connectivity index (χ2n) is 22.1. The van der Waals surface area contributed by atoms with Crippen molar-refractivity contribution in [3.8, 4) is 16.9 Å². The van der Waals surface area contributed by atoms with Gasteiger partial charge in [-0.05, 0) is 110 Å². The zero-order chi connectivity index (χ0) is 60.9.